The number of aliphatic carboxylic acids is 1. The average molecular weight is 239 g/mol. The van der Waals surface area contributed by atoms with Crippen LogP contribution in [0, 0.1) is 0 Å². The quantitative estimate of drug-likeness (QED) is 0.874. The van der Waals surface area contributed by atoms with Gasteiger partial charge in [0.05, 0.1) is 11.4 Å². The number of fused-ring (bicyclic) bond motifs is 1. The maximum Gasteiger partial charge on any atom is 0.310 e. The lowest BCUT2D eigenvalue weighted by molar-refractivity contribution is -0.138. The average Bonchev–Trinajstić information content (AvgIpc) is 2.53. The summed E-state index contributed by atoms with van der Waals surface area (Å²) in [5, 5.41) is 14.3. The van der Waals surface area contributed by atoms with Crippen molar-refractivity contribution in [3.63, 3.8) is 0 Å². The Labute approximate surface area is 97.4 Å². The van der Waals surface area contributed by atoms with E-state index in [-0.39, 0.29) is 0 Å². The number of aryl methyl sites for hydroxylation is 1. The van der Waals surface area contributed by atoms with Gasteiger partial charge in [-0.3, -0.25) is 9.48 Å². The van der Waals surface area contributed by atoms with Crippen LogP contribution in [0.3, 0.4) is 0 Å². The largest absolute Gasteiger partial charge is 0.481 e. The Balaban J connectivity index is 2.60. The van der Waals surface area contributed by atoms with Crippen molar-refractivity contribution in [1.29, 1.82) is 0 Å². The number of carbonyl (C=O) groups is 1. The first-order valence-electron chi connectivity index (χ1n) is 4.85. The number of carboxylic acid groups (broad SMARTS) is 1. The zero-order valence-electron chi connectivity index (χ0n) is 8.94. The fourth-order valence-corrected chi connectivity index (χ4v) is 1.92. The Morgan fingerprint density at radius 1 is 1.56 bits per heavy atom. The lowest BCUT2D eigenvalue weighted by Gasteiger charge is -2.06. The molecule has 0 aliphatic heterocycles. The maximum absolute atomic E-state index is 10.9. The van der Waals surface area contributed by atoms with Crippen molar-refractivity contribution in [2.45, 2.75) is 12.8 Å². The second-order valence-electron chi connectivity index (χ2n) is 3.75. The van der Waals surface area contributed by atoms with E-state index in [0.717, 1.165) is 16.5 Å². The third kappa shape index (κ3) is 1.65. The minimum atomic E-state index is -0.840. The summed E-state index contributed by atoms with van der Waals surface area (Å²) in [5.74, 6) is -1.37. The van der Waals surface area contributed by atoms with Gasteiger partial charge in [0.1, 0.15) is 0 Å². The number of carboxylic acids is 1. The van der Waals surface area contributed by atoms with E-state index in [4.69, 9.17) is 16.7 Å². The van der Waals surface area contributed by atoms with Crippen molar-refractivity contribution in [1.82, 2.24) is 9.78 Å². The molecule has 1 aromatic carbocycles. The first kappa shape index (κ1) is 11.0. The van der Waals surface area contributed by atoms with Gasteiger partial charge in [0.25, 0.3) is 0 Å². The summed E-state index contributed by atoms with van der Waals surface area (Å²) >= 11 is 5.92. The van der Waals surface area contributed by atoms with Crippen molar-refractivity contribution < 1.29 is 9.90 Å². The van der Waals surface area contributed by atoms with Gasteiger partial charge in [-0.1, -0.05) is 17.7 Å². The molecule has 4 nitrogen and oxygen atoms in total. The van der Waals surface area contributed by atoms with Crippen LogP contribution < -0.4 is 0 Å². The topological polar surface area (TPSA) is 55.1 Å². The van der Waals surface area contributed by atoms with Crippen LogP contribution in [-0.4, -0.2) is 20.9 Å². The van der Waals surface area contributed by atoms with E-state index in [2.05, 4.69) is 5.10 Å². The summed E-state index contributed by atoms with van der Waals surface area (Å²) < 4.78 is 1.65. The molecule has 0 aliphatic rings. The molecule has 0 fully saturated rings. The second-order valence-corrected chi connectivity index (χ2v) is 4.11. The SMILES string of the molecule is CC(C(=O)O)c1ccc2c(Cl)nn(C)c2c1. The van der Waals surface area contributed by atoms with Gasteiger partial charge in [-0.15, -0.1) is 0 Å². The first-order valence-corrected chi connectivity index (χ1v) is 5.23. The molecule has 0 aliphatic carbocycles. The summed E-state index contributed by atoms with van der Waals surface area (Å²) in [6, 6.07) is 5.39. The Bertz CT molecular complexity index is 562. The molecule has 1 unspecified atom stereocenters. The van der Waals surface area contributed by atoms with Crippen LogP contribution in [0.25, 0.3) is 10.9 Å². The van der Waals surface area contributed by atoms with E-state index >= 15 is 0 Å². The Hall–Kier alpha value is -1.55. The first-order chi connectivity index (χ1) is 7.50. The third-order valence-electron chi connectivity index (χ3n) is 2.70. The summed E-state index contributed by atoms with van der Waals surface area (Å²) in [6.07, 6.45) is 0. The van der Waals surface area contributed by atoms with Crippen molar-refractivity contribution >= 4 is 28.5 Å². The van der Waals surface area contributed by atoms with Gasteiger partial charge in [-0.25, -0.2) is 0 Å². The van der Waals surface area contributed by atoms with Crippen molar-refractivity contribution in [2.24, 2.45) is 7.05 Å². The molecular weight excluding hydrogens is 228 g/mol. The highest BCUT2D eigenvalue weighted by Gasteiger charge is 2.15. The predicted octanol–water partition coefficient (Wildman–Crippen LogP) is 2.41. The molecule has 1 heterocycles. The zero-order valence-corrected chi connectivity index (χ0v) is 9.69. The van der Waals surface area contributed by atoms with Gasteiger partial charge in [-0.05, 0) is 24.6 Å². The minimum Gasteiger partial charge on any atom is -0.481 e. The highest BCUT2D eigenvalue weighted by atomic mass is 35.5. The molecule has 2 rings (SSSR count). The lowest BCUT2D eigenvalue weighted by Crippen LogP contribution is -2.07. The van der Waals surface area contributed by atoms with E-state index in [9.17, 15) is 4.79 Å². The standard InChI is InChI=1S/C11H11ClN2O2/c1-6(11(15)16)7-3-4-8-9(5-7)14(2)13-10(8)12/h3-6H,1-2H3,(H,15,16). The van der Waals surface area contributed by atoms with Crippen LogP contribution in [0.4, 0.5) is 0 Å². The number of hydrogen-bond acceptors (Lipinski definition) is 2. The summed E-state index contributed by atoms with van der Waals surface area (Å²) in [4.78, 5) is 10.9. The molecule has 0 bridgehead atoms. The normalized spacial score (nSPS) is 12.9. The zero-order chi connectivity index (χ0) is 11.9. The molecule has 84 valence electrons. The number of halogens is 1. The lowest BCUT2D eigenvalue weighted by atomic mass is 10.0. The Morgan fingerprint density at radius 2 is 2.25 bits per heavy atom. The van der Waals surface area contributed by atoms with Gasteiger partial charge in [0.2, 0.25) is 0 Å². The molecule has 1 aromatic heterocycles. The molecule has 1 atom stereocenters. The van der Waals surface area contributed by atoms with E-state index < -0.39 is 11.9 Å². The van der Waals surface area contributed by atoms with Crippen LogP contribution in [0.15, 0.2) is 18.2 Å². The monoisotopic (exact) mass is 238 g/mol. The van der Waals surface area contributed by atoms with E-state index in [1.165, 1.54) is 0 Å². The van der Waals surface area contributed by atoms with Gasteiger partial charge in [0, 0.05) is 12.4 Å². The number of hydrogen-bond donors (Lipinski definition) is 1. The molecule has 0 radical (unpaired) electrons. The molecule has 0 saturated heterocycles. The van der Waals surface area contributed by atoms with Gasteiger partial charge in [0.15, 0.2) is 5.15 Å². The van der Waals surface area contributed by atoms with E-state index in [0.29, 0.717) is 5.15 Å². The summed E-state index contributed by atoms with van der Waals surface area (Å²) in [6.45, 7) is 1.65. The number of rotatable bonds is 2. The smallest absolute Gasteiger partial charge is 0.310 e. The fourth-order valence-electron chi connectivity index (χ4n) is 1.64. The molecule has 0 saturated carbocycles. The van der Waals surface area contributed by atoms with Gasteiger partial charge >= 0.3 is 5.97 Å². The van der Waals surface area contributed by atoms with Crippen molar-refractivity contribution in [3.05, 3.63) is 28.9 Å². The molecular formula is C11H11ClN2O2. The van der Waals surface area contributed by atoms with Crippen molar-refractivity contribution in [3.8, 4) is 0 Å². The Morgan fingerprint density at radius 3 is 2.88 bits per heavy atom. The van der Waals surface area contributed by atoms with Crippen LogP contribution in [-0.2, 0) is 11.8 Å². The molecule has 16 heavy (non-hydrogen) atoms. The number of aromatic nitrogens is 2. The Kier molecular flexibility index (Phi) is 2.59. The molecule has 0 amide bonds. The third-order valence-corrected chi connectivity index (χ3v) is 2.98. The van der Waals surface area contributed by atoms with Crippen LogP contribution in [0.1, 0.15) is 18.4 Å². The summed E-state index contributed by atoms with van der Waals surface area (Å²) in [7, 11) is 1.78. The van der Waals surface area contributed by atoms with Crippen LogP contribution in [0.2, 0.25) is 5.15 Å². The van der Waals surface area contributed by atoms with Crippen LogP contribution in [0.5, 0.6) is 0 Å². The molecule has 2 aromatic rings. The minimum absolute atomic E-state index is 0.437. The van der Waals surface area contributed by atoms with Gasteiger partial charge < -0.3 is 5.11 Å². The van der Waals surface area contributed by atoms with Crippen molar-refractivity contribution in [2.75, 3.05) is 0 Å². The molecule has 0 spiro atoms. The highest BCUT2D eigenvalue weighted by Crippen LogP contribution is 2.26. The van der Waals surface area contributed by atoms with E-state index in [1.54, 1.807) is 30.8 Å². The molecule has 1 N–H and O–H groups in total. The van der Waals surface area contributed by atoms with Crippen LogP contribution >= 0.6 is 11.6 Å². The highest BCUT2D eigenvalue weighted by molar-refractivity contribution is 6.34. The second kappa shape index (κ2) is 3.79. The predicted molar refractivity (Wildman–Crippen MR) is 61.8 cm³/mol. The number of benzene rings is 1. The summed E-state index contributed by atoms with van der Waals surface area (Å²) in [5.41, 5.74) is 1.59. The molecule has 5 heteroatoms. The maximum atomic E-state index is 10.9. The number of nitrogens with zero attached hydrogens (tertiary/aromatic N) is 2. The van der Waals surface area contributed by atoms with Gasteiger partial charge in [-0.2, -0.15) is 5.10 Å². The fraction of sp³-hybridized carbons (Fsp3) is 0.273. The van der Waals surface area contributed by atoms with E-state index in [1.807, 2.05) is 6.07 Å².